The van der Waals surface area contributed by atoms with Crippen molar-refractivity contribution in [3.05, 3.63) is 71.8 Å². The quantitative estimate of drug-likeness (QED) is 0.867. The van der Waals surface area contributed by atoms with Gasteiger partial charge in [-0.25, -0.2) is 0 Å². The molecule has 6 nitrogen and oxygen atoms in total. The lowest BCUT2D eigenvalue weighted by Gasteiger charge is -2.46. The highest BCUT2D eigenvalue weighted by Crippen LogP contribution is 2.34. The molecule has 0 aromatic heterocycles. The summed E-state index contributed by atoms with van der Waals surface area (Å²) in [5.41, 5.74) is 1.82. The molecule has 26 heavy (non-hydrogen) atoms. The molecule has 2 fully saturated rings. The van der Waals surface area contributed by atoms with E-state index in [4.69, 9.17) is 18.9 Å². The predicted molar refractivity (Wildman–Crippen MR) is 91.9 cm³/mol. The van der Waals surface area contributed by atoms with Crippen LogP contribution in [0.2, 0.25) is 0 Å². The van der Waals surface area contributed by atoms with Gasteiger partial charge in [-0.05, 0) is 5.56 Å². The minimum Gasteiger partial charge on any atom is -0.387 e. The van der Waals surface area contributed by atoms with Crippen molar-refractivity contribution in [1.82, 2.24) is 0 Å². The van der Waals surface area contributed by atoms with Gasteiger partial charge >= 0.3 is 0 Å². The zero-order chi connectivity index (χ0) is 17.9. The van der Waals surface area contributed by atoms with E-state index in [0.29, 0.717) is 0 Å². The molecule has 2 aliphatic heterocycles. The average molecular weight is 358 g/mol. The molecule has 138 valence electrons. The van der Waals surface area contributed by atoms with Crippen LogP contribution in [0.15, 0.2) is 60.7 Å². The van der Waals surface area contributed by atoms with E-state index in [1.807, 2.05) is 60.7 Å². The van der Waals surface area contributed by atoms with E-state index in [0.717, 1.165) is 11.1 Å². The van der Waals surface area contributed by atoms with E-state index in [1.54, 1.807) is 0 Å². The Labute approximate surface area is 151 Å². The van der Waals surface area contributed by atoms with E-state index in [1.165, 1.54) is 0 Å². The summed E-state index contributed by atoms with van der Waals surface area (Å²) in [6, 6.07) is 19.1. The third-order valence-electron chi connectivity index (χ3n) is 4.66. The number of fused-ring (bicyclic) bond motifs is 1. The van der Waals surface area contributed by atoms with E-state index in [2.05, 4.69) is 0 Å². The minimum atomic E-state index is -1.20. The molecule has 4 rings (SSSR count). The molecule has 0 aliphatic carbocycles. The molecule has 2 aliphatic rings. The molecule has 0 saturated carbocycles. The number of aliphatic hydroxyl groups is 2. The van der Waals surface area contributed by atoms with Crippen molar-refractivity contribution < 1.29 is 29.2 Å². The fourth-order valence-electron chi connectivity index (χ4n) is 3.25. The first-order chi connectivity index (χ1) is 12.7. The summed E-state index contributed by atoms with van der Waals surface area (Å²) in [7, 11) is 0. The lowest BCUT2D eigenvalue weighted by molar-refractivity contribution is -0.362. The Kier molecular flexibility index (Phi) is 5.31. The Hall–Kier alpha value is -1.80. The Morgan fingerprint density at radius 1 is 0.885 bits per heavy atom. The zero-order valence-electron chi connectivity index (χ0n) is 14.2. The lowest BCUT2D eigenvalue weighted by atomic mass is 9.98. The molecule has 6 heteroatoms. The summed E-state index contributed by atoms with van der Waals surface area (Å²) in [6.45, 7) is 0.528. The average Bonchev–Trinajstić information content (AvgIpc) is 2.71. The third kappa shape index (κ3) is 3.66. The van der Waals surface area contributed by atoms with Gasteiger partial charge in [0.1, 0.15) is 24.4 Å². The summed E-state index contributed by atoms with van der Waals surface area (Å²) < 4.78 is 23.1. The van der Waals surface area contributed by atoms with E-state index in [9.17, 15) is 10.2 Å². The first-order valence-corrected chi connectivity index (χ1v) is 8.71. The fourth-order valence-corrected chi connectivity index (χ4v) is 3.25. The molecular formula is C20H22O6. The van der Waals surface area contributed by atoms with Crippen molar-refractivity contribution in [3.63, 3.8) is 0 Å². The molecular weight excluding hydrogens is 336 g/mol. The van der Waals surface area contributed by atoms with Crippen LogP contribution in [-0.4, -0.2) is 47.5 Å². The number of hydrogen-bond donors (Lipinski definition) is 2. The van der Waals surface area contributed by atoms with E-state index in [-0.39, 0.29) is 13.2 Å². The maximum atomic E-state index is 10.5. The highest BCUT2D eigenvalue weighted by Gasteiger charge is 2.49. The number of hydrogen-bond acceptors (Lipinski definition) is 6. The molecule has 2 heterocycles. The van der Waals surface area contributed by atoms with Crippen molar-refractivity contribution in [1.29, 1.82) is 0 Å². The number of rotatable bonds is 4. The van der Waals surface area contributed by atoms with Gasteiger partial charge in [0, 0.05) is 5.56 Å². The standard InChI is InChI=1S/C20H22O6/c21-16-17(22)20(23-11-13-7-3-1-4-8-13)25-15-12-24-19(26-18(15)16)14-9-5-2-6-10-14/h1-10,15-22H,11-12H2/t15?,16?,17?,18-,19?,20+/m1/s1. The lowest BCUT2D eigenvalue weighted by Crippen LogP contribution is -2.62. The van der Waals surface area contributed by atoms with Crippen LogP contribution >= 0.6 is 0 Å². The Balaban J connectivity index is 1.40. The van der Waals surface area contributed by atoms with Gasteiger partial charge in [0.2, 0.25) is 0 Å². The van der Waals surface area contributed by atoms with Gasteiger partial charge in [-0.3, -0.25) is 0 Å². The van der Waals surface area contributed by atoms with Crippen LogP contribution in [0.25, 0.3) is 0 Å². The molecule has 6 atom stereocenters. The fraction of sp³-hybridized carbons (Fsp3) is 0.400. The van der Waals surface area contributed by atoms with Gasteiger partial charge in [0.05, 0.1) is 13.2 Å². The molecule has 0 amide bonds. The second kappa shape index (κ2) is 7.84. The van der Waals surface area contributed by atoms with E-state index < -0.39 is 37.0 Å². The maximum absolute atomic E-state index is 10.5. The number of aliphatic hydroxyl groups excluding tert-OH is 2. The highest BCUT2D eigenvalue weighted by molar-refractivity contribution is 5.17. The molecule has 0 bridgehead atoms. The topological polar surface area (TPSA) is 77.4 Å². The predicted octanol–water partition coefficient (Wildman–Crippen LogP) is 1.76. The Morgan fingerprint density at radius 3 is 2.31 bits per heavy atom. The van der Waals surface area contributed by atoms with Gasteiger partial charge in [-0.2, -0.15) is 0 Å². The van der Waals surface area contributed by atoms with Crippen molar-refractivity contribution >= 4 is 0 Å². The summed E-state index contributed by atoms with van der Waals surface area (Å²) in [5.74, 6) is 0. The summed E-state index contributed by atoms with van der Waals surface area (Å²) in [5, 5.41) is 20.9. The van der Waals surface area contributed by atoms with Crippen LogP contribution in [-0.2, 0) is 25.6 Å². The summed E-state index contributed by atoms with van der Waals surface area (Å²) in [4.78, 5) is 0. The smallest absolute Gasteiger partial charge is 0.187 e. The van der Waals surface area contributed by atoms with Gasteiger partial charge in [0.25, 0.3) is 0 Å². The van der Waals surface area contributed by atoms with Crippen LogP contribution in [0, 0.1) is 0 Å². The van der Waals surface area contributed by atoms with E-state index >= 15 is 0 Å². The van der Waals surface area contributed by atoms with Crippen LogP contribution in [0.4, 0.5) is 0 Å². The van der Waals surface area contributed by atoms with Crippen molar-refractivity contribution in [2.24, 2.45) is 0 Å². The summed E-state index contributed by atoms with van der Waals surface area (Å²) in [6.07, 6.45) is -5.04. The Morgan fingerprint density at radius 2 is 1.58 bits per heavy atom. The second-order valence-corrected chi connectivity index (χ2v) is 6.50. The normalized spacial score (nSPS) is 34.2. The molecule has 0 spiro atoms. The minimum absolute atomic E-state index is 0.249. The third-order valence-corrected chi connectivity index (χ3v) is 4.66. The molecule has 2 aromatic carbocycles. The SMILES string of the molecule is OC1C(O)[C@@H]2OC(c3ccccc3)OCC2O[C@@H]1OCc1ccccc1. The molecule has 2 aromatic rings. The Bertz CT molecular complexity index is 692. The van der Waals surface area contributed by atoms with Gasteiger partial charge < -0.3 is 29.2 Å². The summed E-state index contributed by atoms with van der Waals surface area (Å²) >= 11 is 0. The highest BCUT2D eigenvalue weighted by atomic mass is 16.8. The first-order valence-electron chi connectivity index (χ1n) is 8.71. The van der Waals surface area contributed by atoms with Crippen LogP contribution < -0.4 is 0 Å². The number of ether oxygens (including phenoxy) is 4. The van der Waals surface area contributed by atoms with Crippen molar-refractivity contribution in [3.8, 4) is 0 Å². The van der Waals surface area contributed by atoms with Crippen LogP contribution in [0.1, 0.15) is 17.4 Å². The molecule has 2 N–H and O–H groups in total. The number of benzene rings is 2. The molecule has 0 radical (unpaired) electrons. The largest absolute Gasteiger partial charge is 0.387 e. The van der Waals surface area contributed by atoms with Gasteiger partial charge in [-0.1, -0.05) is 60.7 Å². The molecule has 4 unspecified atom stereocenters. The van der Waals surface area contributed by atoms with Crippen molar-refractivity contribution in [2.45, 2.75) is 43.6 Å². The van der Waals surface area contributed by atoms with Crippen molar-refractivity contribution in [2.75, 3.05) is 6.61 Å². The van der Waals surface area contributed by atoms with Crippen LogP contribution in [0.5, 0.6) is 0 Å². The molecule has 2 saturated heterocycles. The van der Waals surface area contributed by atoms with Gasteiger partial charge in [0.15, 0.2) is 12.6 Å². The first kappa shape index (κ1) is 17.6. The maximum Gasteiger partial charge on any atom is 0.187 e. The zero-order valence-corrected chi connectivity index (χ0v) is 14.2. The second-order valence-electron chi connectivity index (χ2n) is 6.50. The van der Waals surface area contributed by atoms with Crippen LogP contribution in [0.3, 0.4) is 0 Å². The monoisotopic (exact) mass is 358 g/mol. The van der Waals surface area contributed by atoms with Gasteiger partial charge in [-0.15, -0.1) is 0 Å².